The molecule has 1 aliphatic rings. The van der Waals surface area contributed by atoms with Gasteiger partial charge in [0.15, 0.2) is 21.4 Å². The fraction of sp³-hybridized carbons (Fsp3) is 0.179. The first-order valence-electron chi connectivity index (χ1n) is 12.0. The number of nitrogens with zero attached hydrogens (tertiary/aromatic N) is 1. The van der Waals surface area contributed by atoms with Crippen LogP contribution in [0.5, 0.6) is 17.2 Å². The summed E-state index contributed by atoms with van der Waals surface area (Å²) in [5.74, 6) is -3.39. The largest absolute Gasteiger partial charge is 0.493 e. The number of imidazole rings is 1. The molecule has 2 aromatic heterocycles. The molecule has 0 aliphatic carbocycles. The summed E-state index contributed by atoms with van der Waals surface area (Å²) in [6.07, 6.45) is 4.52. The standard InChI is InChI=1S/C28H22F3N3O4S/c1-28(10-12-37-20-6-4-3-5-18(20)28)21-14-33-27(34-21)17-13-15(7-8-19(17)29)38-25-23(31)22(30)24-16(9-11-32-24)26(25)39(2,35)36/h3-9,11,13-14,32H,10,12H2,1-2H3,(H,33,34)/t28-/m1/s1. The summed E-state index contributed by atoms with van der Waals surface area (Å²) in [5, 5.41) is -0.0607. The van der Waals surface area contributed by atoms with Gasteiger partial charge < -0.3 is 19.4 Å². The summed E-state index contributed by atoms with van der Waals surface area (Å²) in [6.45, 7) is 2.52. The van der Waals surface area contributed by atoms with E-state index in [0.717, 1.165) is 23.6 Å². The van der Waals surface area contributed by atoms with Gasteiger partial charge in [0.05, 0.1) is 23.4 Å². The van der Waals surface area contributed by atoms with Crippen LogP contribution in [0.2, 0.25) is 0 Å². The minimum absolute atomic E-state index is 0.00667. The Labute approximate surface area is 221 Å². The van der Waals surface area contributed by atoms with Gasteiger partial charge in [-0.05, 0) is 43.7 Å². The normalized spacial score (nSPS) is 17.2. The number of para-hydroxylation sites is 1. The highest BCUT2D eigenvalue weighted by Gasteiger charge is 2.37. The molecule has 0 saturated carbocycles. The van der Waals surface area contributed by atoms with Gasteiger partial charge >= 0.3 is 0 Å². The Balaban J connectivity index is 1.42. The lowest BCUT2D eigenvalue weighted by Crippen LogP contribution is -2.31. The van der Waals surface area contributed by atoms with Crippen LogP contribution in [0.15, 0.2) is 65.8 Å². The zero-order valence-corrected chi connectivity index (χ0v) is 21.6. The SMILES string of the molecule is C[C@@]1(c2c[nH]c(-c3cc(Oc4c(F)c(F)c5[nH]ccc5c4S(C)(=O)=O)ccc3F)n2)CCOc2ccccc21. The van der Waals surface area contributed by atoms with Crippen molar-refractivity contribution in [3.63, 3.8) is 0 Å². The number of hydrogen-bond donors (Lipinski definition) is 2. The van der Waals surface area contributed by atoms with E-state index in [1.165, 1.54) is 24.4 Å². The van der Waals surface area contributed by atoms with Crippen LogP contribution in [0.3, 0.4) is 0 Å². The van der Waals surface area contributed by atoms with Crippen LogP contribution in [-0.2, 0) is 15.3 Å². The van der Waals surface area contributed by atoms with Crippen LogP contribution < -0.4 is 9.47 Å². The molecule has 200 valence electrons. The molecule has 2 N–H and O–H groups in total. The lowest BCUT2D eigenvalue weighted by atomic mass is 9.75. The van der Waals surface area contributed by atoms with Crippen molar-refractivity contribution in [2.24, 2.45) is 0 Å². The number of aromatic nitrogens is 3. The molecule has 3 aromatic carbocycles. The van der Waals surface area contributed by atoms with Crippen LogP contribution in [0.25, 0.3) is 22.3 Å². The maximum atomic E-state index is 15.1. The van der Waals surface area contributed by atoms with Crippen molar-refractivity contribution in [3.05, 3.63) is 89.6 Å². The van der Waals surface area contributed by atoms with E-state index in [0.29, 0.717) is 18.7 Å². The van der Waals surface area contributed by atoms with Crippen molar-refractivity contribution in [1.82, 2.24) is 15.0 Å². The minimum Gasteiger partial charge on any atom is -0.493 e. The highest BCUT2D eigenvalue weighted by Crippen LogP contribution is 2.44. The van der Waals surface area contributed by atoms with Gasteiger partial charge in [-0.15, -0.1) is 0 Å². The van der Waals surface area contributed by atoms with Gasteiger partial charge in [0.25, 0.3) is 0 Å². The van der Waals surface area contributed by atoms with E-state index in [-0.39, 0.29) is 28.0 Å². The van der Waals surface area contributed by atoms with Crippen LogP contribution in [0.4, 0.5) is 13.2 Å². The number of fused-ring (bicyclic) bond motifs is 2. The van der Waals surface area contributed by atoms with E-state index in [1.807, 2.05) is 31.2 Å². The van der Waals surface area contributed by atoms with Crippen molar-refractivity contribution < 1.29 is 31.1 Å². The Bertz CT molecular complexity index is 1870. The molecule has 5 aromatic rings. The fourth-order valence-corrected chi connectivity index (χ4v) is 6.09. The molecule has 1 aliphatic heterocycles. The maximum Gasteiger partial charge on any atom is 0.204 e. The molecule has 0 amide bonds. The van der Waals surface area contributed by atoms with Crippen LogP contribution in [0, 0.1) is 17.5 Å². The number of rotatable bonds is 5. The number of sulfone groups is 1. The van der Waals surface area contributed by atoms with E-state index in [1.54, 1.807) is 6.20 Å². The second kappa shape index (κ2) is 8.91. The molecule has 0 spiro atoms. The van der Waals surface area contributed by atoms with Gasteiger partial charge in [0.1, 0.15) is 28.0 Å². The Kier molecular flexibility index (Phi) is 5.72. The number of nitrogens with one attached hydrogen (secondary N) is 2. The quantitative estimate of drug-likeness (QED) is 0.251. The van der Waals surface area contributed by atoms with E-state index in [9.17, 15) is 17.2 Å². The zero-order valence-electron chi connectivity index (χ0n) is 20.8. The summed E-state index contributed by atoms with van der Waals surface area (Å²) >= 11 is 0. The topological polar surface area (TPSA) is 97.1 Å². The van der Waals surface area contributed by atoms with Gasteiger partial charge in [-0.2, -0.15) is 4.39 Å². The first kappa shape index (κ1) is 25.1. The van der Waals surface area contributed by atoms with Crippen molar-refractivity contribution in [2.75, 3.05) is 12.9 Å². The number of hydrogen-bond acceptors (Lipinski definition) is 5. The number of benzene rings is 3. The molecule has 39 heavy (non-hydrogen) atoms. The zero-order chi connectivity index (χ0) is 27.5. The molecule has 0 saturated heterocycles. The highest BCUT2D eigenvalue weighted by atomic mass is 32.2. The lowest BCUT2D eigenvalue weighted by Gasteiger charge is -2.34. The molecule has 0 bridgehead atoms. The lowest BCUT2D eigenvalue weighted by molar-refractivity contribution is 0.241. The van der Waals surface area contributed by atoms with Crippen molar-refractivity contribution >= 4 is 20.7 Å². The third kappa shape index (κ3) is 4.04. The number of H-pyrrole nitrogens is 2. The highest BCUT2D eigenvalue weighted by molar-refractivity contribution is 7.91. The minimum atomic E-state index is -4.05. The van der Waals surface area contributed by atoms with Gasteiger partial charge in [0, 0.05) is 35.0 Å². The van der Waals surface area contributed by atoms with Gasteiger partial charge in [0.2, 0.25) is 5.82 Å². The average Bonchev–Trinajstić information content (AvgIpc) is 3.59. The van der Waals surface area contributed by atoms with Gasteiger partial charge in [-0.25, -0.2) is 22.2 Å². The summed E-state index contributed by atoms with van der Waals surface area (Å²) in [7, 11) is -4.05. The monoisotopic (exact) mass is 553 g/mol. The number of ether oxygens (including phenoxy) is 2. The maximum absolute atomic E-state index is 15.1. The third-order valence-electron chi connectivity index (χ3n) is 7.08. The molecule has 3 heterocycles. The predicted octanol–water partition coefficient (Wildman–Crippen LogP) is 6.26. The molecule has 1 atom stereocenters. The Hall–Kier alpha value is -4.25. The summed E-state index contributed by atoms with van der Waals surface area (Å²) < 4.78 is 81.3. The van der Waals surface area contributed by atoms with Crippen molar-refractivity contribution in [2.45, 2.75) is 23.7 Å². The second-order valence-corrected chi connectivity index (χ2v) is 11.6. The first-order valence-corrected chi connectivity index (χ1v) is 13.9. The molecule has 11 heteroatoms. The summed E-state index contributed by atoms with van der Waals surface area (Å²) in [4.78, 5) is 9.65. The Morgan fingerprint density at radius 3 is 2.64 bits per heavy atom. The van der Waals surface area contributed by atoms with E-state index in [4.69, 9.17) is 9.47 Å². The summed E-state index contributed by atoms with van der Waals surface area (Å²) in [5.41, 5.74) is 0.839. The van der Waals surface area contributed by atoms with E-state index < -0.39 is 43.3 Å². The third-order valence-corrected chi connectivity index (χ3v) is 8.22. The summed E-state index contributed by atoms with van der Waals surface area (Å²) in [6, 6.07) is 12.5. The average molecular weight is 554 g/mol. The second-order valence-electron chi connectivity index (χ2n) is 9.63. The van der Waals surface area contributed by atoms with Gasteiger partial charge in [-0.3, -0.25) is 0 Å². The molecule has 0 unspecified atom stereocenters. The Morgan fingerprint density at radius 1 is 1.05 bits per heavy atom. The van der Waals surface area contributed by atoms with Crippen LogP contribution >= 0.6 is 0 Å². The Morgan fingerprint density at radius 2 is 1.85 bits per heavy atom. The number of halogens is 3. The molecular formula is C28H22F3N3O4S. The molecular weight excluding hydrogens is 531 g/mol. The number of aromatic amines is 2. The molecule has 6 rings (SSSR count). The van der Waals surface area contributed by atoms with Crippen molar-refractivity contribution in [1.29, 1.82) is 0 Å². The van der Waals surface area contributed by atoms with Gasteiger partial charge in [-0.1, -0.05) is 18.2 Å². The van der Waals surface area contributed by atoms with E-state index in [2.05, 4.69) is 15.0 Å². The smallest absolute Gasteiger partial charge is 0.204 e. The van der Waals surface area contributed by atoms with Crippen LogP contribution in [-0.4, -0.2) is 36.2 Å². The fourth-order valence-electron chi connectivity index (χ4n) is 5.05. The predicted molar refractivity (Wildman–Crippen MR) is 138 cm³/mol. The first-order chi connectivity index (χ1) is 18.6. The van der Waals surface area contributed by atoms with E-state index >= 15 is 4.39 Å². The van der Waals surface area contributed by atoms with Crippen molar-refractivity contribution in [3.8, 4) is 28.6 Å². The van der Waals surface area contributed by atoms with Crippen LogP contribution in [0.1, 0.15) is 24.6 Å². The molecule has 0 radical (unpaired) electrons. The molecule has 0 fully saturated rings. The molecule has 7 nitrogen and oxygen atoms in total.